The summed E-state index contributed by atoms with van der Waals surface area (Å²) >= 11 is 26.2. The molecule has 0 aliphatic heterocycles. The molecule has 0 amide bonds. The lowest BCUT2D eigenvalue weighted by atomic mass is 9.70. The minimum atomic E-state index is -2.80. The van der Waals surface area contributed by atoms with Gasteiger partial charge < -0.3 is 0 Å². The van der Waals surface area contributed by atoms with Crippen LogP contribution in [0, 0.1) is 0 Å². The molecule has 0 saturated carbocycles. The standard InChI is InChI=1S/C46H70Cl4O12/c1-38(2,3)54-58-42(13,14)23-25-44(17,60-56-40(7,8)9)29-53-62-46(36(51)32-21-19-30(47)27-34(32)49,37(52)33-22-20-31(48)28-35(33)50)45(18,61-57-41(10,11)12)26-24-43(15,16)59-55-39(4,5)6/h19-22,27-28H,23-26,29H2,1-18H3. The maximum Gasteiger partial charge on any atom is 0.259 e. The minimum Gasteiger partial charge on any atom is -0.290 e. The summed E-state index contributed by atoms with van der Waals surface area (Å²) in [6.45, 7) is 31.9. The predicted molar refractivity (Wildman–Crippen MR) is 242 cm³/mol. The van der Waals surface area contributed by atoms with Crippen LogP contribution in [0.2, 0.25) is 20.1 Å². The van der Waals surface area contributed by atoms with Crippen LogP contribution in [-0.4, -0.2) is 68.6 Å². The van der Waals surface area contributed by atoms with Gasteiger partial charge in [0.1, 0.15) is 17.8 Å². The quantitative estimate of drug-likeness (QED) is 0.0455. The zero-order valence-electron chi connectivity index (χ0n) is 39.9. The number of Topliss-reactive ketones (excluding diaryl/α,β-unsaturated/α-hetero) is 2. The van der Waals surface area contributed by atoms with E-state index in [0.717, 1.165) is 0 Å². The molecule has 2 atom stereocenters. The highest BCUT2D eigenvalue weighted by molar-refractivity contribution is 6.40. The summed E-state index contributed by atoms with van der Waals surface area (Å²) in [6, 6.07) is 8.41. The number of halogens is 4. The van der Waals surface area contributed by atoms with E-state index in [1.54, 1.807) is 41.5 Å². The van der Waals surface area contributed by atoms with Gasteiger partial charge in [-0.3, -0.25) is 9.59 Å². The normalized spacial score (nSPS) is 15.6. The van der Waals surface area contributed by atoms with Gasteiger partial charge in [-0.15, -0.1) is 0 Å². The largest absolute Gasteiger partial charge is 0.290 e. The lowest BCUT2D eigenvalue weighted by molar-refractivity contribution is -0.465. The summed E-state index contributed by atoms with van der Waals surface area (Å²) < 4.78 is 0. The van der Waals surface area contributed by atoms with Crippen molar-refractivity contribution in [2.45, 2.75) is 201 Å². The summed E-state index contributed by atoms with van der Waals surface area (Å²) in [5, 5.41) is 0.304. The molecule has 2 aromatic carbocycles. The van der Waals surface area contributed by atoms with Gasteiger partial charge in [-0.1, -0.05) is 46.4 Å². The number of hydrogen-bond acceptors (Lipinski definition) is 12. The van der Waals surface area contributed by atoms with Gasteiger partial charge in [0.25, 0.3) is 5.60 Å². The Kier molecular flexibility index (Phi) is 19.6. The molecule has 0 N–H and O–H groups in total. The highest BCUT2D eigenvalue weighted by atomic mass is 35.5. The fourth-order valence-electron chi connectivity index (χ4n) is 5.24. The Morgan fingerprint density at radius 1 is 0.435 bits per heavy atom. The van der Waals surface area contributed by atoms with Crippen molar-refractivity contribution >= 4 is 58.0 Å². The molecular weight excluding hydrogens is 886 g/mol. The third-order valence-electron chi connectivity index (χ3n) is 8.75. The zero-order chi connectivity index (χ0) is 48.0. The summed E-state index contributed by atoms with van der Waals surface area (Å²) in [6.07, 6.45) is 0.564. The van der Waals surface area contributed by atoms with Crippen LogP contribution in [-0.2, 0) is 48.9 Å². The van der Waals surface area contributed by atoms with E-state index < -0.39 is 68.6 Å². The Morgan fingerprint density at radius 3 is 1.16 bits per heavy atom. The molecule has 0 fully saturated rings. The van der Waals surface area contributed by atoms with Crippen LogP contribution in [0.5, 0.6) is 0 Å². The molecule has 12 nitrogen and oxygen atoms in total. The van der Waals surface area contributed by atoms with E-state index in [1.165, 1.54) is 43.3 Å². The van der Waals surface area contributed by atoms with E-state index in [1.807, 2.05) is 76.2 Å². The smallest absolute Gasteiger partial charge is 0.259 e. The number of ketones is 2. The Morgan fingerprint density at radius 2 is 0.790 bits per heavy atom. The van der Waals surface area contributed by atoms with Crippen molar-refractivity contribution in [1.82, 2.24) is 0 Å². The van der Waals surface area contributed by atoms with Crippen LogP contribution in [0.15, 0.2) is 36.4 Å². The summed E-state index contributed by atoms with van der Waals surface area (Å²) in [7, 11) is 0. The number of carbonyl (C=O) groups excluding carboxylic acids is 2. The minimum absolute atomic E-state index is 0.0849. The summed E-state index contributed by atoms with van der Waals surface area (Å²) in [4.78, 5) is 91.4. The predicted octanol–water partition coefficient (Wildman–Crippen LogP) is 13.7. The molecule has 0 aliphatic rings. The van der Waals surface area contributed by atoms with Gasteiger partial charge >= 0.3 is 0 Å². The van der Waals surface area contributed by atoms with Crippen LogP contribution < -0.4 is 0 Å². The van der Waals surface area contributed by atoms with Crippen LogP contribution in [0.25, 0.3) is 0 Å². The third-order valence-corrected chi connectivity index (χ3v) is 9.84. The van der Waals surface area contributed by atoms with Crippen molar-refractivity contribution < 1.29 is 58.5 Å². The molecular formula is C46H70Cl4O12. The third kappa shape index (κ3) is 18.1. The van der Waals surface area contributed by atoms with Crippen molar-refractivity contribution in [2.75, 3.05) is 6.61 Å². The monoisotopic (exact) mass is 954 g/mol. The average Bonchev–Trinajstić information content (AvgIpc) is 3.10. The molecule has 354 valence electrons. The highest BCUT2D eigenvalue weighted by Crippen LogP contribution is 2.45. The Balaban J connectivity index is 2.98. The lowest BCUT2D eigenvalue weighted by Crippen LogP contribution is -2.66. The van der Waals surface area contributed by atoms with E-state index in [0.29, 0.717) is 6.42 Å². The molecule has 0 aliphatic carbocycles. The molecule has 0 spiro atoms. The van der Waals surface area contributed by atoms with E-state index in [2.05, 4.69) is 0 Å². The first kappa shape index (κ1) is 56.7. The molecule has 2 rings (SSSR count). The van der Waals surface area contributed by atoms with Gasteiger partial charge in [-0.2, -0.15) is 0 Å². The zero-order valence-corrected chi connectivity index (χ0v) is 42.9. The van der Waals surface area contributed by atoms with Gasteiger partial charge in [0.05, 0.1) is 43.7 Å². The SMILES string of the molecule is CC(C)(C)OOC(C)(C)CCC(C)(COOC(C(=O)c1ccc(Cl)cc1Cl)(C(=O)c1ccc(Cl)cc1Cl)C(C)(CCC(C)(C)OOC(C)(C)C)OOC(C)(C)C)OOC(C)(C)C. The number of rotatable bonds is 23. The molecule has 0 bridgehead atoms. The van der Waals surface area contributed by atoms with Crippen molar-refractivity contribution in [3.05, 3.63) is 67.6 Å². The summed E-state index contributed by atoms with van der Waals surface area (Å²) in [5.41, 5.74) is -11.3. The molecule has 0 radical (unpaired) electrons. The lowest BCUT2D eigenvalue weighted by Gasteiger charge is -2.45. The first-order valence-corrected chi connectivity index (χ1v) is 22.1. The van der Waals surface area contributed by atoms with Crippen molar-refractivity contribution in [2.24, 2.45) is 0 Å². The Bertz CT molecular complexity index is 1740. The number of carbonyl (C=O) groups is 2. The number of benzene rings is 2. The first-order valence-electron chi connectivity index (χ1n) is 20.6. The van der Waals surface area contributed by atoms with Crippen molar-refractivity contribution in [3.63, 3.8) is 0 Å². The first-order chi connectivity index (χ1) is 27.8. The van der Waals surface area contributed by atoms with Gasteiger partial charge in [-0.05, 0) is 187 Å². The van der Waals surface area contributed by atoms with Gasteiger partial charge in [0.15, 0.2) is 0 Å². The molecule has 16 heteroatoms. The Labute approximate surface area is 389 Å². The second-order valence-electron chi connectivity index (χ2n) is 21.2. The number of hydrogen-bond donors (Lipinski definition) is 0. The van der Waals surface area contributed by atoms with E-state index in [-0.39, 0.29) is 50.5 Å². The average molecular weight is 957 g/mol. The van der Waals surface area contributed by atoms with E-state index in [4.69, 9.17) is 95.3 Å². The maximum atomic E-state index is 15.7. The van der Waals surface area contributed by atoms with Crippen LogP contribution >= 0.6 is 46.4 Å². The highest BCUT2D eigenvalue weighted by Gasteiger charge is 2.65. The fourth-order valence-corrected chi connectivity index (χ4v) is 6.23. The van der Waals surface area contributed by atoms with Crippen molar-refractivity contribution in [3.8, 4) is 0 Å². The molecule has 0 saturated heterocycles. The molecule has 0 heterocycles. The topological polar surface area (TPSA) is 126 Å². The molecule has 2 unspecified atom stereocenters. The second kappa shape index (κ2) is 21.4. The molecule has 62 heavy (non-hydrogen) atoms. The maximum absolute atomic E-state index is 15.7. The van der Waals surface area contributed by atoms with Gasteiger partial charge in [0.2, 0.25) is 11.6 Å². The van der Waals surface area contributed by atoms with E-state index >= 15 is 9.59 Å². The van der Waals surface area contributed by atoms with Crippen LogP contribution in [0.4, 0.5) is 0 Å². The Hall–Kier alpha value is -1.46. The second-order valence-corrected chi connectivity index (χ2v) is 22.9. The van der Waals surface area contributed by atoms with Gasteiger partial charge in [0, 0.05) is 21.2 Å². The van der Waals surface area contributed by atoms with E-state index in [9.17, 15) is 0 Å². The van der Waals surface area contributed by atoms with Crippen LogP contribution in [0.1, 0.15) is 171 Å². The summed E-state index contributed by atoms with van der Waals surface area (Å²) in [5.74, 6) is -1.94. The van der Waals surface area contributed by atoms with Gasteiger partial charge in [-0.25, -0.2) is 48.9 Å². The molecule has 0 aromatic heterocycles. The fraction of sp³-hybridized carbons (Fsp3) is 0.696. The van der Waals surface area contributed by atoms with Crippen LogP contribution in [0.3, 0.4) is 0 Å². The van der Waals surface area contributed by atoms with Crippen molar-refractivity contribution in [1.29, 1.82) is 0 Å². The molecule has 2 aromatic rings.